The summed E-state index contributed by atoms with van der Waals surface area (Å²) in [6, 6.07) is 7.92. The van der Waals surface area contributed by atoms with Crippen LogP contribution < -0.4 is 5.32 Å². The van der Waals surface area contributed by atoms with Crippen molar-refractivity contribution in [3.63, 3.8) is 0 Å². The van der Waals surface area contributed by atoms with Gasteiger partial charge >= 0.3 is 0 Å². The van der Waals surface area contributed by atoms with Crippen LogP contribution in [0.5, 0.6) is 0 Å². The van der Waals surface area contributed by atoms with Crippen molar-refractivity contribution in [3.05, 3.63) is 35.9 Å². The molecule has 3 heteroatoms. The smallest absolute Gasteiger partial charge is 0.264 e. The highest BCUT2D eigenvalue weighted by molar-refractivity contribution is 5.21. The zero-order valence-corrected chi connectivity index (χ0v) is 9.30. The van der Waals surface area contributed by atoms with Crippen LogP contribution in [0, 0.1) is 0 Å². The van der Waals surface area contributed by atoms with Crippen LogP contribution in [0.1, 0.15) is 32.4 Å². The second-order valence-corrected chi connectivity index (χ2v) is 4.12. The van der Waals surface area contributed by atoms with Crippen molar-refractivity contribution in [2.75, 3.05) is 0 Å². The normalized spacial score (nSPS) is 14.3. The van der Waals surface area contributed by atoms with Gasteiger partial charge in [-0.05, 0) is 5.56 Å². The van der Waals surface area contributed by atoms with Gasteiger partial charge in [-0.2, -0.15) is 0 Å². The second-order valence-electron chi connectivity index (χ2n) is 4.12. The largest absolute Gasteiger partial charge is 0.303 e. The van der Waals surface area contributed by atoms with Crippen molar-refractivity contribution < 1.29 is 8.78 Å². The van der Waals surface area contributed by atoms with Gasteiger partial charge in [-0.15, -0.1) is 0 Å². The minimum Gasteiger partial charge on any atom is -0.303 e. The Labute approximate surface area is 89.5 Å². The third-order valence-corrected chi connectivity index (χ3v) is 2.14. The maximum Gasteiger partial charge on any atom is 0.264 e. The van der Waals surface area contributed by atoms with Crippen molar-refractivity contribution in [1.82, 2.24) is 5.32 Å². The minimum absolute atomic E-state index is 0.0287. The van der Waals surface area contributed by atoms with E-state index in [1.165, 1.54) is 0 Å². The molecular formula is C12H17F2N. The molecule has 1 nitrogen and oxygen atoms in total. The van der Waals surface area contributed by atoms with E-state index in [1.807, 2.05) is 19.9 Å². The van der Waals surface area contributed by atoms with E-state index in [0.717, 1.165) is 6.92 Å². The van der Waals surface area contributed by atoms with E-state index >= 15 is 0 Å². The molecule has 1 rings (SSSR count). The summed E-state index contributed by atoms with van der Waals surface area (Å²) in [5.74, 6) is -2.76. The molecule has 1 aromatic carbocycles. The first-order valence-electron chi connectivity index (χ1n) is 5.10. The van der Waals surface area contributed by atoms with Crippen molar-refractivity contribution in [3.8, 4) is 0 Å². The fraction of sp³-hybridized carbons (Fsp3) is 0.500. The average molecular weight is 213 g/mol. The fourth-order valence-electron chi connectivity index (χ4n) is 1.51. The zero-order valence-electron chi connectivity index (χ0n) is 9.30. The summed E-state index contributed by atoms with van der Waals surface area (Å²) >= 11 is 0. The van der Waals surface area contributed by atoms with E-state index in [-0.39, 0.29) is 6.04 Å². The number of hydrogen-bond donors (Lipinski definition) is 1. The molecule has 0 radical (unpaired) electrons. The maximum atomic E-state index is 13.4. The lowest BCUT2D eigenvalue weighted by atomic mass is 10.0. The summed E-state index contributed by atoms with van der Waals surface area (Å²) in [7, 11) is 0. The highest BCUT2D eigenvalue weighted by Gasteiger charge is 2.35. The van der Waals surface area contributed by atoms with Crippen LogP contribution in [-0.2, 0) is 0 Å². The van der Waals surface area contributed by atoms with Crippen LogP contribution in [0.15, 0.2) is 30.3 Å². The molecule has 0 heterocycles. The van der Waals surface area contributed by atoms with Crippen LogP contribution >= 0.6 is 0 Å². The SMILES string of the molecule is CC(C)NC(c1ccccc1)C(C)(F)F. The number of nitrogens with one attached hydrogen (secondary N) is 1. The van der Waals surface area contributed by atoms with Gasteiger partial charge in [0.1, 0.15) is 0 Å². The Morgan fingerprint density at radius 2 is 1.67 bits per heavy atom. The number of rotatable bonds is 4. The van der Waals surface area contributed by atoms with E-state index in [2.05, 4.69) is 5.32 Å². The topological polar surface area (TPSA) is 12.0 Å². The minimum atomic E-state index is -2.76. The van der Waals surface area contributed by atoms with Gasteiger partial charge in [0.05, 0.1) is 6.04 Å². The van der Waals surface area contributed by atoms with Crippen LogP contribution in [0.2, 0.25) is 0 Å². The lowest BCUT2D eigenvalue weighted by Crippen LogP contribution is -2.38. The molecule has 0 spiro atoms. The van der Waals surface area contributed by atoms with E-state index in [4.69, 9.17) is 0 Å². The predicted octanol–water partition coefficient (Wildman–Crippen LogP) is 3.38. The molecule has 0 saturated carbocycles. The Morgan fingerprint density at radius 1 is 1.13 bits per heavy atom. The number of benzene rings is 1. The first-order chi connectivity index (χ1) is 6.91. The van der Waals surface area contributed by atoms with E-state index in [1.54, 1.807) is 24.3 Å². The van der Waals surface area contributed by atoms with Crippen molar-refractivity contribution >= 4 is 0 Å². The molecule has 0 fully saturated rings. The Bertz CT molecular complexity index is 290. The molecule has 0 aliphatic carbocycles. The van der Waals surface area contributed by atoms with Gasteiger partial charge in [0.25, 0.3) is 5.92 Å². The van der Waals surface area contributed by atoms with E-state index in [9.17, 15) is 8.78 Å². The van der Waals surface area contributed by atoms with E-state index in [0.29, 0.717) is 5.56 Å². The zero-order chi connectivity index (χ0) is 11.5. The van der Waals surface area contributed by atoms with Gasteiger partial charge in [-0.3, -0.25) is 0 Å². The summed E-state index contributed by atoms with van der Waals surface area (Å²) in [5.41, 5.74) is 0.624. The van der Waals surface area contributed by atoms with Crippen LogP contribution in [-0.4, -0.2) is 12.0 Å². The van der Waals surface area contributed by atoms with Gasteiger partial charge in [-0.1, -0.05) is 44.2 Å². The van der Waals surface area contributed by atoms with Gasteiger partial charge in [0.2, 0.25) is 0 Å². The van der Waals surface area contributed by atoms with Crippen LogP contribution in [0.4, 0.5) is 8.78 Å². The van der Waals surface area contributed by atoms with Gasteiger partial charge < -0.3 is 5.32 Å². The molecule has 0 bridgehead atoms. The predicted molar refractivity (Wildman–Crippen MR) is 58.1 cm³/mol. The molecule has 84 valence electrons. The van der Waals surface area contributed by atoms with Crippen molar-refractivity contribution in [2.45, 2.75) is 38.8 Å². The second kappa shape index (κ2) is 4.71. The Morgan fingerprint density at radius 3 is 2.07 bits per heavy atom. The summed E-state index contributed by atoms with van der Waals surface area (Å²) in [6.07, 6.45) is 0. The first kappa shape index (κ1) is 12.1. The number of alkyl halides is 2. The van der Waals surface area contributed by atoms with Gasteiger partial charge in [0.15, 0.2) is 0 Å². The molecule has 0 aromatic heterocycles. The lowest BCUT2D eigenvalue weighted by Gasteiger charge is -2.27. The van der Waals surface area contributed by atoms with Crippen molar-refractivity contribution in [2.24, 2.45) is 0 Å². The Hall–Kier alpha value is -0.960. The molecule has 0 saturated heterocycles. The van der Waals surface area contributed by atoms with Crippen molar-refractivity contribution in [1.29, 1.82) is 0 Å². The fourth-order valence-corrected chi connectivity index (χ4v) is 1.51. The molecule has 1 aromatic rings. The standard InChI is InChI=1S/C12H17F2N/c1-9(2)15-11(12(3,13)14)10-7-5-4-6-8-10/h4-9,11,15H,1-3H3. The molecule has 0 amide bonds. The molecule has 15 heavy (non-hydrogen) atoms. The van der Waals surface area contributed by atoms with Gasteiger partial charge in [0, 0.05) is 13.0 Å². The molecule has 1 unspecified atom stereocenters. The molecular weight excluding hydrogens is 196 g/mol. The molecule has 0 aliphatic rings. The quantitative estimate of drug-likeness (QED) is 0.808. The van der Waals surface area contributed by atoms with Crippen LogP contribution in [0.3, 0.4) is 0 Å². The Balaban J connectivity index is 2.92. The Kier molecular flexibility index (Phi) is 3.80. The number of hydrogen-bond acceptors (Lipinski definition) is 1. The van der Waals surface area contributed by atoms with Gasteiger partial charge in [-0.25, -0.2) is 8.78 Å². The monoisotopic (exact) mass is 213 g/mol. The maximum absolute atomic E-state index is 13.4. The third kappa shape index (κ3) is 3.59. The van der Waals surface area contributed by atoms with E-state index < -0.39 is 12.0 Å². The first-order valence-corrected chi connectivity index (χ1v) is 5.10. The number of halogens is 2. The molecule has 1 atom stereocenters. The average Bonchev–Trinajstić information content (AvgIpc) is 2.14. The summed E-state index contributed by atoms with van der Waals surface area (Å²) in [4.78, 5) is 0. The third-order valence-electron chi connectivity index (χ3n) is 2.14. The van der Waals surface area contributed by atoms with Crippen LogP contribution in [0.25, 0.3) is 0 Å². The molecule has 1 N–H and O–H groups in total. The lowest BCUT2D eigenvalue weighted by molar-refractivity contribution is -0.0221. The summed E-state index contributed by atoms with van der Waals surface area (Å²) in [5, 5.41) is 2.89. The summed E-state index contributed by atoms with van der Waals surface area (Å²) in [6.45, 7) is 4.67. The molecule has 0 aliphatic heterocycles. The highest BCUT2D eigenvalue weighted by atomic mass is 19.3. The summed E-state index contributed by atoms with van der Waals surface area (Å²) < 4.78 is 26.7. The highest BCUT2D eigenvalue weighted by Crippen LogP contribution is 2.30.